The molecule has 1 amide bonds. The Morgan fingerprint density at radius 2 is 2.14 bits per heavy atom. The maximum atomic E-state index is 13.4. The summed E-state index contributed by atoms with van der Waals surface area (Å²) in [5.41, 5.74) is -0.689. The molecule has 21 heavy (non-hydrogen) atoms. The minimum atomic E-state index is -0.814. The standard InChI is InChI=1S/C13H15FN2O5/c1-2-3-4-13(18)21-8-12(17)15-11-7-9(16(19)20)5-6-10(11)14/h5-7H,2-4,8H2,1H3,(H,15,17). The largest absolute Gasteiger partial charge is 0.456 e. The molecule has 7 nitrogen and oxygen atoms in total. The van der Waals surface area contributed by atoms with Crippen molar-refractivity contribution in [1.82, 2.24) is 0 Å². The van der Waals surface area contributed by atoms with Crippen LogP contribution in [0.5, 0.6) is 0 Å². The van der Waals surface area contributed by atoms with E-state index in [2.05, 4.69) is 10.1 Å². The van der Waals surface area contributed by atoms with E-state index >= 15 is 0 Å². The van der Waals surface area contributed by atoms with Crippen LogP contribution in [0.25, 0.3) is 0 Å². The van der Waals surface area contributed by atoms with Gasteiger partial charge in [0.2, 0.25) is 0 Å². The summed E-state index contributed by atoms with van der Waals surface area (Å²) in [5.74, 6) is -2.10. The highest BCUT2D eigenvalue weighted by Crippen LogP contribution is 2.21. The van der Waals surface area contributed by atoms with Gasteiger partial charge in [-0.15, -0.1) is 0 Å². The lowest BCUT2D eigenvalue weighted by molar-refractivity contribution is -0.384. The normalized spacial score (nSPS) is 10.0. The van der Waals surface area contributed by atoms with Gasteiger partial charge in [0.1, 0.15) is 5.82 Å². The molecule has 0 saturated heterocycles. The van der Waals surface area contributed by atoms with Gasteiger partial charge in [0.25, 0.3) is 11.6 Å². The molecule has 114 valence electrons. The smallest absolute Gasteiger partial charge is 0.306 e. The first-order valence-corrected chi connectivity index (χ1v) is 6.33. The van der Waals surface area contributed by atoms with E-state index in [0.29, 0.717) is 6.42 Å². The molecule has 0 unspecified atom stereocenters. The number of ether oxygens (including phenoxy) is 1. The van der Waals surface area contributed by atoms with Crippen LogP contribution in [0.15, 0.2) is 18.2 Å². The van der Waals surface area contributed by atoms with E-state index in [4.69, 9.17) is 0 Å². The number of non-ortho nitro benzene ring substituents is 1. The Bertz CT molecular complexity index is 547. The van der Waals surface area contributed by atoms with E-state index in [0.717, 1.165) is 24.6 Å². The van der Waals surface area contributed by atoms with Crippen molar-refractivity contribution in [1.29, 1.82) is 0 Å². The summed E-state index contributed by atoms with van der Waals surface area (Å²) >= 11 is 0. The topological polar surface area (TPSA) is 98.5 Å². The van der Waals surface area contributed by atoms with Crippen molar-refractivity contribution in [3.8, 4) is 0 Å². The highest BCUT2D eigenvalue weighted by Gasteiger charge is 2.14. The molecule has 8 heteroatoms. The van der Waals surface area contributed by atoms with Crippen molar-refractivity contribution < 1.29 is 23.6 Å². The number of benzene rings is 1. The SMILES string of the molecule is CCCCC(=O)OCC(=O)Nc1cc([N+](=O)[O-])ccc1F. The summed E-state index contributed by atoms with van der Waals surface area (Å²) in [6.07, 6.45) is 1.68. The van der Waals surface area contributed by atoms with Crippen LogP contribution in [0.1, 0.15) is 26.2 Å². The molecule has 1 rings (SSSR count). The Hall–Kier alpha value is -2.51. The molecule has 0 fully saturated rings. The number of esters is 1. The molecule has 0 atom stereocenters. The van der Waals surface area contributed by atoms with Crippen molar-refractivity contribution in [2.45, 2.75) is 26.2 Å². The highest BCUT2D eigenvalue weighted by atomic mass is 19.1. The second kappa shape index (κ2) is 7.93. The van der Waals surface area contributed by atoms with E-state index < -0.39 is 29.2 Å². The first-order chi connectivity index (χ1) is 9.93. The highest BCUT2D eigenvalue weighted by molar-refractivity contribution is 5.93. The van der Waals surface area contributed by atoms with Crippen molar-refractivity contribution in [3.63, 3.8) is 0 Å². The number of amides is 1. The number of carbonyl (C=O) groups excluding carboxylic acids is 2. The van der Waals surface area contributed by atoms with Crippen molar-refractivity contribution in [2.75, 3.05) is 11.9 Å². The Morgan fingerprint density at radius 1 is 1.43 bits per heavy atom. The van der Waals surface area contributed by atoms with Crippen molar-refractivity contribution in [3.05, 3.63) is 34.1 Å². The average Bonchev–Trinajstić information content (AvgIpc) is 2.45. The lowest BCUT2D eigenvalue weighted by Crippen LogP contribution is -2.21. The quantitative estimate of drug-likeness (QED) is 0.473. The summed E-state index contributed by atoms with van der Waals surface area (Å²) in [6, 6.07) is 2.75. The number of rotatable bonds is 7. The lowest BCUT2D eigenvalue weighted by atomic mass is 10.2. The molecular formula is C13H15FN2O5. The van der Waals surface area contributed by atoms with Crippen LogP contribution in [0.2, 0.25) is 0 Å². The lowest BCUT2D eigenvalue weighted by Gasteiger charge is -2.07. The molecular weight excluding hydrogens is 283 g/mol. The third-order valence-corrected chi connectivity index (χ3v) is 2.53. The van der Waals surface area contributed by atoms with Gasteiger partial charge in [-0.05, 0) is 12.5 Å². The molecule has 0 aliphatic heterocycles. The van der Waals surface area contributed by atoms with Gasteiger partial charge >= 0.3 is 5.97 Å². The van der Waals surface area contributed by atoms with E-state index in [1.54, 1.807) is 0 Å². The fourth-order valence-corrected chi connectivity index (χ4v) is 1.45. The van der Waals surface area contributed by atoms with Gasteiger partial charge in [0.05, 0.1) is 10.6 Å². The molecule has 0 bridgehead atoms. The second-order valence-electron chi connectivity index (χ2n) is 4.23. The Labute approximate surface area is 120 Å². The number of unbranched alkanes of at least 4 members (excludes halogenated alkanes) is 1. The van der Waals surface area contributed by atoms with Crippen LogP contribution in [-0.2, 0) is 14.3 Å². The number of anilines is 1. The Morgan fingerprint density at radius 3 is 2.76 bits per heavy atom. The maximum absolute atomic E-state index is 13.4. The van der Waals surface area contributed by atoms with E-state index in [-0.39, 0.29) is 17.8 Å². The third kappa shape index (κ3) is 5.55. The van der Waals surface area contributed by atoms with Crippen LogP contribution in [0.4, 0.5) is 15.8 Å². The van der Waals surface area contributed by atoms with Crippen LogP contribution >= 0.6 is 0 Å². The number of nitrogens with zero attached hydrogens (tertiary/aromatic N) is 1. The van der Waals surface area contributed by atoms with Gasteiger partial charge in [0, 0.05) is 18.6 Å². The number of halogens is 1. The molecule has 0 saturated carbocycles. The summed E-state index contributed by atoms with van der Waals surface area (Å²) in [7, 11) is 0. The number of hydrogen-bond donors (Lipinski definition) is 1. The summed E-state index contributed by atoms with van der Waals surface area (Å²) in [5, 5.41) is 12.7. The maximum Gasteiger partial charge on any atom is 0.306 e. The molecule has 0 aliphatic carbocycles. The monoisotopic (exact) mass is 298 g/mol. The predicted molar refractivity (Wildman–Crippen MR) is 72.2 cm³/mol. The summed E-state index contributed by atoms with van der Waals surface area (Å²) in [6.45, 7) is 1.34. The number of hydrogen-bond acceptors (Lipinski definition) is 5. The van der Waals surface area contributed by atoms with Crippen molar-refractivity contribution >= 4 is 23.3 Å². The summed E-state index contributed by atoms with van der Waals surface area (Å²) in [4.78, 5) is 32.6. The minimum Gasteiger partial charge on any atom is -0.456 e. The number of nitro groups is 1. The van der Waals surface area contributed by atoms with Crippen LogP contribution < -0.4 is 5.32 Å². The first kappa shape index (κ1) is 16.5. The summed E-state index contributed by atoms with van der Waals surface area (Å²) < 4.78 is 18.1. The van der Waals surface area contributed by atoms with E-state index in [9.17, 15) is 24.1 Å². The zero-order valence-corrected chi connectivity index (χ0v) is 11.4. The van der Waals surface area contributed by atoms with Gasteiger partial charge in [-0.2, -0.15) is 0 Å². The zero-order chi connectivity index (χ0) is 15.8. The minimum absolute atomic E-state index is 0.203. The van der Waals surface area contributed by atoms with Gasteiger partial charge < -0.3 is 10.1 Å². The number of nitro benzene ring substituents is 1. The molecule has 0 aliphatic rings. The molecule has 0 aromatic heterocycles. The third-order valence-electron chi connectivity index (χ3n) is 2.53. The van der Waals surface area contributed by atoms with E-state index in [1.807, 2.05) is 6.92 Å². The van der Waals surface area contributed by atoms with Gasteiger partial charge in [-0.3, -0.25) is 19.7 Å². The second-order valence-corrected chi connectivity index (χ2v) is 4.23. The number of carbonyl (C=O) groups is 2. The number of nitrogens with one attached hydrogen (secondary N) is 1. The van der Waals surface area contributed by atoms with E-state index in [1.165, 1.54) is 0 Å². The first-order valence-electron chi connectivity index (χ1n) is 6.33. The van der Waals surface area contributed by atoms with Crippen LogP contribution in [0.3, 0.4) is 0 Å². The van der Waals surface area contributed by atoms with Gasteiger partial charge in [-0.25, -0.2) is 4.39 Å². The molecule has 0 radical (unpaired) electrons. The fraction of sp³-hybridized carbons (Fsp3) is 0.385. The van der Waals surface area contributed by atoms with Crippen molar-refractivity contribution in [2.24, 2.45) is 0 Å². The average molecular weight is 298 g/mol. The predicted octanol–water partition coefficient (Wildman–Crippen LogP) is 2.41. The molecule has 0 spiro atoms. The molecule has 1 aromatic rings. The Balaban J connectivity index is 2.56. The van der Waals surface area contributed by atoms with Crippen LogP contribution in [-0.4, -0.2) is 23.4 Å². The van der Waals surface area contributed by atoms with Gasteiger partial charge in [0.15, 0.2) is 6.61 Å². The fourth-order valence-electron chi connectivity index (χ4n) is 1.45. The Kier molecular flexibility index (Phi) is 6.25. The molecule has 1 N–H and O–H groups in total. The van der Waals surface area contributed by atoms with Crippen LogP contribution in [0, 0.1) is 15.9 Å². The molecule has 1 aromatic carbocycles. The molecule has 0 heterocycles. The van der Waals surface area contributed by atoms with Gasteiger partial charge in [-0.1, -0.05) is 13.3 Å². The zero-order valence-electron chi connectivity index (χ0n) is 11.4.